The number of anilines is 2. The van der Waals surface area contributed by atoms with Crippen LogP contribution in [-0.4, -0.2) is 18.4 Å². The van der Waals surface area contributed by atoms with Crippen LogP contribution < -0.4 is 15.4 Å². The van der Waals surface area contributed by atoms with Crippen molar-refractivity contribution in [3.8, 4) is 5.75 Å². The molecule has 31 heavy (non-hydrogen) atoms. The maximum absolute atomic E-state index is 12.7. The van der Waals surface area contributed by atoms with Crippen LogP contribution in [0.15, 0.2) is 46.9 Å². The average Bonchev–Trinajstić information content (AvgIpc) is 2.75. The molecule has 1 fully saturated rings. The number of benzene rings is 2. The summed E-state index contributed by atoms with van der Waals surface area (Å²) in [5.41, 5.74) is 1.86. The van der Waals surface area contributed by atoms with Gasteiger partial charge >= 0.3 is 0 Å². The first-order valence-electron chi connectivity index (χ1n) is 11.1. The molecule has 0 aromatic heterocycles. The Kier molecular flexibility index (Phi) is 8.52. The number of carbonyl (C=O) groups excluding carboxylic acids is 2. The van der Waals surface area contributed by atoms with Crippen molar-refractivity contribution in [3.05, 3.63) is 52.5 Å². The van der Waals surface area contributed by atoms with Gasteiger partial charge in [-0.05, 0) is 77.5 Å². The first kappa shape index (κ1) is 23.3. The van der Waals surface area contributed by atoms with Gasteiger partial charge in [0.15, 0.2) is 0 Å². The van der Waals surface area contributed by atoms with Gasteiger partial charge in [0.1, 0.15) is 5.75 Å². The molecular formula is C25H31BrN2O3. The van der Waals surface area contributed by atoms with Crippen LogP contribution in [0.1, 0.15) is 62.7 Å². The van der Waals surface area contributed by atoms with Crippen LogP contribution in [0.3, 0.4) is 0 Å². The normalized spacial score (nSPS) is 14.3. The largest absolute Gasteiger partial charge is 0.492 e. The van der Waals surface area contributed by atoms with E-state index in [-0.39, 0.29) is 17.7 Å². The van der Waals surface area contributed by atoms with Gasteiger partial charge < -0.3 is 15.4 Å². The van der Waals surface area contributed by atoms with Crippen molar-refractivity contribution in [1.82, 2.24) is 0 Å². The van der Waals surface area contributed by atoms with Crippen LogP contribution >= 0.6 is 15.9 Å². The Morgan fingerprint density at radius 1 is 1.03 bits per heavy atom. The van der Waals surface area contributed by atoms with Gasteiger partial charge in [0.2, 0.25) is 5.91 Å². The van der Waals surface area contributed by atoms with Crippen molar-refractivity contribution >= 4 is 39.1 Å². The first-order chi connectivity index (χ1) is 14.9. The summed E-state index contributed by atoms with van der Waals surface area (Å²) in [5, 5.41) is 5.90. The lowest BCUT2D eigenvalue weighted by atomic mass is 9.88. The number of nitrogens with one attached hydrogen (secondary N) is 2. The van der Waals surface area contributed by atoms with Crippen LogP contribution in [0.25, 0.3) is 0 Å². The second-order valence-corrected chi connectivity index (χ2v) is 9.39. The predicted octanol–water partition coefficient (Wildman–Crippen LogP) is 6.65. The molecule has 0 saturated heterocycles. The molecule has 6 heteroatoms. The highest BCUT2D eigenvalue weighted by atomic mass is 79.9. The van der Waals surface area contributed by atoms with Crippen LogP contribution in [0.4, 0.5) is 11.4 Å². The van der Waals surface area contributed by atoms with Gasteiger partial charge in [0.05, 0.1) is 11.1 Å². The highest BCUT2D eigenvalue weighted by Gasteiger charge is 2.21. The minimum atomic E-state index is -0.217. The molecule has 2 amide bonds. The van der Waals surface area contributed by atoms with E-state index in [1.165, 1.54) is 6.42 Å². The van der Waals surface area contributed by atoms with Crippen LogP contribution in [-0.2, 0) is 4.79 Å². The molecular weight excluding hydrogens is 456 g/mol. The van der Waals surface area contributed by atoms with E-state index in [2.05, 4.69) is 40.4 Å². The summed E-state index contributed by atoms with van der Waals surface area (Å²) in [5.74, 6) is 1.24. The summed E-state index contributed by atoms with van der Waals surface area (Å²) in [4.78, 5) is 25.2. The number of rotatable bonds is 8. The Bertz CT molecular complexity index is 907. The number of hydrogen-bond donors (Lipinski definition) is 2. The minimum Gasteiger partial charge on any atom is -0.492 e. The number of carbonyl (C=O) groups is 2. The van der Waals surface area contributed by atoms with Gasteiger partial charge in [0.25, 0.3) is 5.91 Å². The smallest absolute Gasteiger partial charge is 0.255 e. The fraction of sp³-hybridized carbons (Fsp3) is 0.440. The van der Waals surface area contributed by atoms with E-state index in [9.17, 15) is 9.59 Å². The summed E-state index contributed by atoms with van der Waals surface area (Å²) in [6, 6.07) is 12.6. The molecule has 0 atom stereocenters. The number of hydrogen-bond acceptors (Lipinski definition) is 3. The Morgan fingerprint density at radius 3 is 2.42 bits per heavy atom. The molecule has 0 radical (unpaired) electrons. The predicted molar refractivity (Wildman–Crippen MR) is 129 cm³/mol. The zero-order chi connectivity index (χ0) is 22.2. The lowest BCUT2D eigenvalue weighted by Gasteiger charge is -2.20. The summed E-state index contributed by atoms with van der Waals surface area (Å²) >= 11 is 3.49. The van der Waals surface area contributed by atoms with Gasteiger partial charge in [-0.25, -0.2) is 0 Å². The fourth-order valence-corrected chi connectivity index (χ4v) is 4.14. The van der Waals surface area contributed by atoms with Crippen LogP contribution in [0.2, 0.25) is 0 Å². The van der Waals surface area contributed by atoms with E-state index in [4.69, 9.17) is 4.74 Å². The number of halogens is 1. The molecule has 2 aromatic rings. The second kappa shape index (κ2) is 11.3. The molecule has 0 aliphatic heterocycles. The zero-order valence-electron chi connectivity index (χ0n) is 18.2. The third-order valence-electron chi connectivity index (χ3n) is 5.51. The Morgan fingerprint density at radius 2 is 1.74 bits per heavy atom. The Hall–Kier alpha value is -2.34. The molecule has 1 aliphatic rings. The third kappa shape index (κ3) is 7.10. The minimum absolute atomic E-state index is 0.0696. The van der Waals surface area contributed by atoms with Gasteiger partial charge in [-0.3, -0.25) is 9.59 Å². The molecule has 3 rings (SSSR count). The summed E-state index contributed by atoms with van der Waals surface area (Å²) in [6.45, 7) is 4.95. The highest BCUT2D eigenvalue weighted by molar-refractivity contribution is 9.10. The summed E-state index contributed by atoms with van der Waals surface area (Å²) < 4.78 is 6.53. The molecule has 1 saturated carbocycles. The van der Waals surface area contributed by atoms with E-state index in [0.29, 0.717) is 29.5 Å². The molecule has 166 valence electrons. The first-order valence-corrected chi connectivity index (χ1v) is 11.9. The fourth-order valence-electron chi connectivity index (χ4n) is 3.65. The lowest BCUT2D eigenvalue weighted by Crippen LogP contribution is -2.24. The maximum atomic E-state index is 12.7. The van der Waals surface area contributed by atoms with Crippen molar-refractivity contribution in [2.45, 2.75) is 52.4 Å². The van der Waals surface area contributed by atoms with Crippen LogP contribution in [0.5, 0.6) is 5.75 Å². The van der Waals surface area contributed by atoms with Crippen molar-refractivity contribution in [3.63, 3.8) is 0 Å². The van der Waals surface area contributed by atoms with E-state index >= 15 is 0 Å². The highest BCUT2D eigenvalue weighted by Crippen LogP contribution is 2.28. The SMILES string of the molecule is CC(C)CCOc1ccc(C(=O)Nc2cccc(NC(=O)C3CCCCC3)c2)cc1Br. The molecule has 0 heterocycles. The van der Waals surface area contributed by atoms with E-state index in [1.807, 2.05) is 18.2 Å². The maximum Gasteiger partial charge on any atom is 0.255 e. The number of ether oxygens (including phenoxy) is 1. The molecule has 2 aromatic carbocycles. The zero-order valence-corrected chi connectivity index (χ0v) is 19.8. The monoisotopic (exact) mass is 486 g/mol. The van der Waals surface area contributed by atoms with Gasteiger partial charge in [-0.2, -0.15) is 0 Å². The average molecular weight is 487 g/mol. The molecule has 2 N–H and O–H groups in total. The molecule has 0 bridgehead atoms. The van der Waals surface area contributed by atoms with E-state index in [1.54, 1.807) is 24.3 Å². The van der Waals surface area contributed by atoms with Crippen molar-refractivity contribution in [2.24, 2.45) is 11.8 Å². The third-order valence-corrected chi connectivity index (χ3v) is 6.13. The topological polar surface area (TPSA) is 67.4 Å². The standard InChI is InChI=1S/C25H31BrN2O3/c1-17(2)13-14-31-23-12-11-19(15-22(23)26)25(30)28-21-10-6-9-20(16-21)27-24(29)18-7-4-3-5-8-18/h6,9-12,15-18H,3-5,7-8,13-14H2,1-2H3,(H,27,29)(H,28,30). The van der Waals surface area contributed by atoms with Gasteiger partial charge in [0, 0.05) is 22.9 Å². The molecule has 0 spiro atoms. The van der Waals surface area contributed by atoms with Crippen molar-refractivity contribution < 1.29 is 14.3 Å². The summed E-state index contributed by atoms with van der Waals surface area (Å²) in [7, 11) is 0. The van der Waals surface area contributed by atoms with Gasteiger partial charge in [-0.1, -0.05) is 39.2 Å². The van der Waals surface area contributed by atoms with Gasteiger partial charge in [-0.15, -0.1) is 0 Å². The Labute approximate surface area is 193 Å². The second-order valence-electron chi connectivity index (χ2n) is 8.54. The number of amides is 2. The molecule has 1 aliphatic carbocycles. The van der Waals surface area contributed by atoms with Crippen LogP contribution in [0, 0.1) is 11.8 Å². The molecule has 5 nitrogen and oxygen atoms in total. The van der Waals surface area contributed by atoms with E-state index < -0.39 is 0 Å². The van der Waals surface area contributed by atoms with Crippen molar-refractivity contribution in [2.75, 3.05) is 17.2 Å². The quantitative estimate of drug-likeness (QED) is 0.438. The summed E-state index contributed by atoms with van der Waals surface area (Å²) in [6.07, 6.45) is 6.33. The lowest BCUT2D eigenvalue weighted by molar-refractivity contribution is -0.120. The van der Waals surface area contributed by atoms with E-state index in [0.717, 1.165) is 42.3 Å². The molecule has 0 unspecified atom stereocenters. The Balaban J connectivity index is 1.59. The van der Waals surface area contributed by atoms with Crippen molar-refractivity contribution in [1.29, 1.82) is 0 Å².